The van der Waals surface area contributed by atoms with Gasteiger partial charge in [0.1, 0.15) is 26.3 Å². The van der Waals surface area contributed by atoms with E-state index in [1.807, 2.05) is 6.07 Å². The van der Waals surface area contributed by atoms with Gasteiger partial charge in [-0.3, -0.25) is 0 Å². The number of quaternary nitrogens is 2. The molecule has 4 nitrogen and oxygen atoms in total. The van der Waals surface area contributed by atoms with Crippen LogP contribution in [0.15, 0.2) is 18.2 Å². The quantitative estimate of drug-likeness (QED) is 0.798. The minimum absolute atomic E-state index is 0.607. The molecule has 6 N–H and O–H groups in total. The third kappa shape index (κ3) is 2.93. The Bertz CT molecular complexity index is 480. The summed E-state index contributed by atoms with van der Waals surface area (Å²) >= 11 is 1.77. The van der Waals surface area contributed by atoms with Crippen LogP contribution in [0.2, 0.25) is 0 Å². The van der Waals surface area contributed by atoms with Crippen LogP contribution in [0.4, 0.5) is 0 Å². The van der Waals surface area contributed by atoms with E-state index in [-0.39, 0.29) is 0 Å². The Balaban J connectivity index is 2.35. The second-order valence-electron chi connectivity index (χ2n) is 4.10. The topological polar surface area (TPSA) is 73.7 Å². The zero-order chi connectivity index (χ0) is 13.0. The predicted molar refractivity (Wildman–Crippen MR) is 73.1 cm³/mol. The number of thiophene rings is 1. The number of fused-ring (bicyclic) bond motifs is 1. The van der Waals surface area contributed by atoms with E-state index in [0.29, 0.717) is 13.2 Å². The van der Waals surface area contributed by atoms with E-state index in [1.165, 1.54) is 15.0 Å². The van der Waals surface area contributed by atoms with Gasteiger partial charge in [-0.25, -0.2) is 0 Å². The summed E-state index contributed by atoms with van der Waals surface area (Å²) in [5.41, 5.74) is 7.57. The summed E-state index contributed by atoms with van der Waals surface area (Å²) in [5.74, 6) is 1.61. The Kier molecular flexibility index (Phi) is 4.41. The van der Waals surface area contributed by atoms with Gasteiger partial charge in [0.05, 0.1) is 0 Å². The van der Waals surface area contributed by atoms with Crippen molar-refractivity contribution >= 4 is 21.4 Å². The fraction of sp³-hybridized carbons (Fsp3) is 0.385. The zero-order valence-electron chi connectivity index (χ0n) is 10.7. The largest absolute Gasteiger partial charge is 0.484 e. The summed E-state index contributed by atoms with van der Waals surface area (Å²) in [6.45, 7) is 4.81. The molecule has 5 heteroatoms. The smallest absolute Gasteiger partial charge is 0.162 e. The van der Waals surface area contributed by atoms with Crippen LogP contribution in [0, 0.1) is 6.92 Å². The molecule has 0 saturated carbocycles. The molecule has 1 aromatic heterocycles. The van der Waals surface area contributed by atoms with E-state index in [0.717, 1.165) is 24.6 Å². The molecule has 1 heterocycles. The van der Waals surface area contributed by atoms with Crippen LogP contribution in [0.25, 0.3) is 10.1 Å². The molecule has 0 aliphatic carbocycles. The van der Waals surface area contributed by atoms with Crippen molar-refractivity contribution in [1.82, 2.24) is 0 Å². The van der Waals surface area contributed by atoms with E-state index in [9.17, 15) is 0 Å². The maximum absolute atomic E-state index is 5.70. The monoisotopic (exact) mass is 268 g/mol. The van der Waals surface area contributed by atoms with E-state index >= 15 is 0 Å². The Morgan fingerprint density at radius 2 is 1.61 bits per heavy atom. The van der Waals surface area contributed by atoms with Gasteiger partial charge in [0, 0.05) is 15.6 Å². The standard InChI is InChI=1S/C13H18N2O2S/c1-9-6-10-7-11(16-4-2-14)12(17-5-3-15)8-13(10)18-9/h6-8H,2-5,14-15H2,1H3/p+2. The molecule has 0 atom stereocenters. The first kappa shape index (κ1) is 13.1. The third-order valence-electron chi connectivity index (χ3n) is 2.51. The fourth-order valence-electron chi connectivity index (χ4n) is 1.77. The van der Waals surface area contributed by atoms with Crippen molar-refractivity contribution in [2.24, 2.45) is 0 Å². The number of hydrogen-bond donors (Lipinski definition) is 2. The van der Waals surface area contributed by atoms with Crippen LogP contribution in [0.3, 0.4) is 0 Å². The van der Waals surface area contributed by atoms with Crippen LogP contribution in [-0.2, 0) is 0 Å². The van der Waals surface area contributed by atoms with Crippen molar-refractivity contribution in [2.45, 2.75) is 6.92 Å². The molecule has 0 saturated heterocycles. The van der Waals surface area contributed by atoms with E-state index < -0.39 is 0 Å². The summed E-state index contributed by atoms with van der Waals surface area (Å²) in [6.07, 6.45) is 0. The lowest BCUT2D eigenvalue weighted by Gasteiger charge is -2.11. The molecule has 0 unspecified atom stereocenters. The van der Waals surface area contributed by atoms with Gasteiger partial charge >= 0.3 is 0 Å². The van der Waals surface area contributed by atoms with E-state index in [2.05, 4.69) is 30.5 Å². The molecule has 0 aliphatic rings. The summed E-state index contributed by atoms with van der Waals surface area (Å²) in [4.78, 5) is 1.29. The molecule has 0 spiro atoms. The minimum atomic E-state index is 0.607. The van der Waals surface area contributed by atoms with Crippen molar-refractivity contribution in [2.75, 3.05) is 26.3 Å². The van der Waals surface area contributed by atoms with Crippen molar-refractivity contribution in [1.29, 1.82) is 0 Å². The van der Waals surface area contributed by atoms with Gasteiger partial charge in [-0.05, 0) is 24.4 Å². The summed E-state index contributed by atoms with van der Waals surface area (Å²) in [6, 6.07) is 6.27. The molecule has 18 heavy (non-hydrogen) atoms. The normalized spacial score (nSPS) is 10.8. The van der Waals surface area contributed by atoms with Gasteiger partial charge < -0.3 is 20.9 Å². The van der Waals surface area contributed by atoms with Crippen molar-refractivity contribution < 1.29 is 20.9 Å². The molecule has 0 aliphatic heterocycles. The number of aryl methyl sites for hydroxylation is 1. The lowest BCUT2D eigenvalue weighted by atomic mass is 10.2. The molecule has 2 aromatic rings. The van der Waals surface area contributed by atoms with Gasteiger partial charge in [0.15, 0.2) is 11.5 Å². The lowest BCUT2D eigenvalue weighted by molar-refractivity contribution is -0.372. The Hall–Kier alpha value is -1.30. The Morgan fingerprint density at radius 1 is 1.00 bits per heavy atom. The predicted octanol–water partition coefficient (Wildman–Crippen LogP) is 0.451. The van der Waals surface area contributed by atoms with Crippen LogP contribution in [0.1, 0.15) is 4.88 Å². The number of rotatable bonds is 6. The number of hydrogen-bond acceptors (Lipinski definition) is 3. The molecular weight excluding hydrogens is 248 g/mol. The molecule has 0 bridgehead atoms. The minimum Gasteiger partial charge on any atom is -0.484 e. The van der Waals surface area contributed by atoms with Gasteiger partial charge in [-0.15, -0.1) is 11.3 Å². The highest BCUT2D eigenvalue weighted by Crippen LogP contribution is 2.36. The fourth-order valence-corrected chi connectivity index (χ4v) is 2.70. The molecule has 0 amide bonds. The average Bonchev–Trinajstić information content (AvgIpc) is 2.72. The molecule has 1 aromatic carbocycles. The van der Waals surface area contributed by atoms with E-state index in [4.69, 9.17) is 9.47 Å². The van der Waals surface area contributed by atoms with E-state index in [1.54, 1.807) is 11.3 Å². The maximum atomic E-state index is 5.70. The number of benzene rings is 1. The first-order valence-electron chi connectivity index (χ1n) is 6.13. The molecule has 0 radical (unpaired) electrons. The van der Waals surface area contributed by atoms with Crippen molar-refractivity contribution in [3.63, 3.8) is 0 Å². The second kappa shape index (κ2) is 6.04. The Morgan fingerprint density at radius 3 is 2.22 bits per heavy atom. The molecule has 98 valence electrons. The zero-order valence-corrected chi connectivity index (χ0v) is 11.5. The highest BCUT2D eigenvalue weighted by Gasteiger charge is 2.10. The Labute approximate surface area is 110 Å². The maximum Gasteiger partial charge on any atom is 0.162 e. The average molecular weight is 268 g/mol. The molecule has 2 rings (SSSR count). The summed E-state index contributed by atoms with van der Waals surface area (Å²) in [5, 5.41) is 1.21. The molecular formula is C13H20N2O2S+2. The van der Waals surface area contributed by atoms with Crippen LogP contribution >= 0.6 is 11.3 Å². The SMILES string of the molecule is Cc1cc2cc(OCC[NH3+])c(OCC[NH3+])cc2s1. The van der Waals surface area contributed by atoms with Gasteiger partial charge in [0.2, 0.25) is 0 Å². The third-order valence-corrected chi connectivity index (χ3v) is 3.52. The summed E-state index contributed by atoms with van der Waals surface area (Å²) < 4.78 is 12.6. The highest BCUT2D eigenvalue weighted by molar-refractivity contribution is 7.19. The van der Waals surface area contributed by atoms with Crippen molar-refractivity contribution in [3.05, 3.63) is 23.1 Å². The van der Waals surface area contributed by atoms with Gasteiger partial charge in [-0.2, -0.15) is 0 Å². The summed E-state index contributed by atoms with van der Waals surface area (Å²) in [7, 11) is 0. The van der Waals surface area contributed by atoms with Crippen LogP contribution < -0.4 is 20.9 Å². The lowest BCUT2D eigenvalue weighted by Crippen LogP contribution is -2.53. The first-order chi connectivity index (χ1) is 8.74. The highest BCUT2D eigenvalue weighted by atomic mass is 32.1. The number of ether oxygens (including phenoxy) is 2. The van der Waals surface area contributed by atoms with Crippen LogP contribution in [0.5, 0.6) is 11.5 Å². The van der Waals surface area contributed by atoms with Gasteiger partial charge in [0.25, 0.3) is 0 Å². The first-order valence-corrected chi connectivity index (χ1v) is 6.94. The van der Waals surface area contributed by atoms with Gasteiger partial charge in [-0.1, -0.05) is 0 Å². The van der Waals surface area contributed by atoms with Crippen LogP contribution in [-0.4, -0.2) is 26.3 Å². The molecule has 0 fully saturated rings. The second-order valence-corrected chi connectivity index (χ2v) is 5.39. The van der Waals surface area contributed by atoms with Crippen molar-refractivity contribution in [3.8, 4) is 11.5 Å².